The summed E-state index contributed by atoms with van der Waals surface area (Å²) in [5.74, 6) is 1.60. The van der Waals surface area contributed by atoms with Gasteiger partial charge in [0.2, 0.25) is 5.91 Å². The zero-order valence-corrected chi connectivity index (χ0v) is 12.1. The number of hydrogen-bond acceptors (Lipinski definition) is 3. The van der Waals surface area contributed by atoms with E-state index in [1.165, 1.54) is 6.39 Å². The zero-order chi connectivity index (χ0) is 13.7. The minimum Gasteiger partial charge on any atom is -0.446 e. The lowest BCUT2D eigenvalue weighted by Crippen LogP contribution is -2.54. The molecule has 1 aliphatic heterocycles. The van der Waals surface area contributed by atoms with E-state index in [2.05, 4.69) is 25.8 Å². The van der Waals surface area contributed by atoms with E-state index < -0.39 is 0 Å². The van der Waals surface area contributed by atoms with E-state index in [1.807, 2.05) is 20.8 Å². The molecule has 1 unspecified atom stereocenters. The molecule has 0 N–H and O–H groups in total. The first kappa shape index (κ1) is 13.1. The number of rotatable bonds is 0. The van der Waals surface area contributed by atoms with Crippen molar-refractivity contribution < 1.29 is 9.21 Å². The molecule has 4 heteroatoms. The molecule has 18 heavy (non-hydrogen) atoms. The Morgan fingerprint density at radius 1 is 1.28 bits per heavy atom. The molecule has 1 amide bonds. The minimum atomic E-state index is -0.285. The number of oxazole rings is 1. The molecule has 0 saturated carbocycles. The number of aromatic nitrogens is 1. The van der Waals surface area contributed by atoms with Crippen LogP contribution in [0.1, 0.15) is 47.3 Å². The molecular formula is C14H22N2O2. The molecule has 100 valence electrons. The molecule has 0 saturated heterocycles. The van der Waals surface area contributed by atoms with E-state index in [0.29, 0.717) is 12.2 Å². The van der Waals surface area contributed by atoms with E-state index in [1.54, 1.807) is 4.90 Å². The fraction of sp³-hybridized carbons (Fsp3) is 0.714. The first-order valence-corrected chi connectivity index (χ1v) is 6.39. The molecule has 0 fully saturated rings. The maximum atomic E-state index is 12.7. The Bertz CT molecular complexity index is 463. The monoisotopic (exact) mass is 250 g/mol. The molecule has 1 aromatic rings. The summed E-state index contributed by atoms with van der Waals surface area (Å²) in [6.45, 7) is 12.4. The van der Waals surface area contributed by atoms with Crippen molar-refractivity contribution in [2.45, 2.75) is 53.5 Å². The molecule has 0 aromatic carbocycles. The van der Waals surface area contributed by atoms with Crippen molar-refractivity contribution in [2.24, 2.45) is 11.3 Å². The van der Waals surface area contributed by atoms with Crippen molar-refractivity contribution in [2.75, 3.05) is 4.90 Å². The van der Waals surface area contributed by atoms with Crippen LogP contribution in [0.2, 0.25) is 0 Å². The highest BCUT2D eigenvalue weighted by atomic mass is 16.3. The predicted octanol–water partition coefficient (Wildman–Crippen LogP) is 3.02. The fourth-order valence-electron chi connectivity index (χ4n) is 2.44. The summed E-state index contributed by atoms with van der Waals surface area (Å²) in [6, 6.07) is 0. The Kier molecular flexibility index (Phi) is 2.80. The second-order valence-electron chi connectivity index (χ2n) is 7.07. The van der Waals surface area contributed by atoms with Crippen LogP contribution in [0.4, 0.5) is 5.82 Å². The maximum Gasteiger partial charge on any atom is 0.232 e. The largest absolute Gasteiger partial charge is 0.446 e. The lowest BCUT2D eigenvalue weighted by molar-refractivity contribution is -0.127. The SMILES string of the molecule is CC(C)(C)C1Cc2ocnc2N(C(C)(C)C)C1=O. The van der Waals surface area contributed by atoms with Crippen LogP contribution in [0, 0.1) is 11.3 Å². The molecule has 4 nitrogen and oxygen atoms in total. The van der Waals surface area contributed by atoms with Gasteiger partial charge in [0.25, 0.3) is 0 Å². The number of carbonyl (C=O) groups is 1. The van der Waals surface area contributed by atoms with Crippen molar-refractivity contribution in [3.05, 3.63) is 12.2 Å². The Hall–Kier alpha value is -1.32. The Balaban J connectivity index is 2.51. The summed E-state index contributed by atoms with van der Waals surface area (Å²) in [4.78, 5) is 18.7. The average Bonchev–Trinajstić information content (AvgIpc) is 2.59. The van der Waals surface area contributed by atoms with Crippen LogP contribution in [-0.2, 0) is 11.2 Å². The number of carbonyl (C=O) groups excluding carboxylic acids is 1. The summed E-state index contributed by atoms with van der Waals surface area (Å²) in [5, 5.41) is 0. The van der Waals surface area contributed by atoms with Gasteiger partial charge in [-0.15, -0.1) is 0 Å². The molecule has 0 radical (unpaired) electrons. The van der Waals surface area contributed by atoms with Gasteiger partial charge in [-0.05, 0) is 26.2 Å². The number of fused-ring (bicyclic) bond motifs is 1. The van der Waals surface area contributed by atoms with E-state index >= 15 is 0 Å². The number of nitrogens with zero attached hydrogens (tertiary/aromatic N) is 2. The van der Waals surface area contributed by atoms with Gasteiger partial charge in [0.15, 0.2) is 12.2 Å². The van der Waals surface area contributed by atoms with Gasteiger partial charge < -0.3 is 4.42 Å². The fourth-order valence-corrected chi connectivity index (χ4v) is 2.44. The minimum absolute atomic E-state index is 0.0582. The van der Waals surface area contributed by atoms with Crippen LogP contribution in [0.15, 0.2) is 10.8 Å². The summed E-state index contributed by atoms with van der Waals surface area (Å²) >= 11 is 0. The van der Waals surface area contributed by atoms with E-state index in [0.717, 1.165) is 5.76 Å². The highest BCUT2D eigenvalue weighted by molar-refractivity contribution is 5.98. The van der Waals surface area contributed by atoms with Gasteiger partial charge in [0.05, 0.1) is 5.92 Å². The first-order chi connectivity index (χ1) is 8.12. The average molecular weight is 250 g/mol. The van der Waals surface area contributed by atoms with Crippen molar-refractivity contribution in [1.29, 1.82) is 0 Å². The van der Waals surface area contributed by atoms with Crippen molar-refractivity contribution in [1.82, 2.24) is 4.98 Å². The smallest absolute Gasteiger partial charge is 0.232 e. The van der Waals surface area contributed by atoms with Gasteiger partial charge in [-0.1, -0.05) is 20.8 Å². The third-order valence-corrected chi connectivity index (χ3v) is 3.46. The first-order valence-electron chi connectivity index (χ1n) is 6.39. The van der Waals surface area contributed by atoms with Crippen LogP contribution < -0.4 is 4.90 Å². The van der Waals surface area contributed by atoms with Crippen LogP contribution in [-0.4, -0.2) is 16.4 Å². The quantitative estimate of drug-likeness (QED) is 0.711. The Labute approximate surface area is 108 Å². The number of hydrogen-bond donors (Lipinski definition) is 0. The topological polar surface area (TPSA) is 46.3 Å². The number of amides is 1. The predicted molar refractivity (Wildman–Crippen MR) is 70.4 cm³/mol. The van der Waals surface area contributed by atoms with Gasteiger partial charge >= 0.3 is 0 Å². The lowest BCUT2D eigenvalue weighted by Gasteiger charge is -2.43. The molecular weight excluding hydrogens is 228 g/mol. The molecule has 0 bridgehead atoms. The lowest BCUT2D eigenvalue weighted by atomic mass is 9.75. The maximum absolute atomic E-state index is 12.7. The van der Waals surface area contributed by atoms with Gasteiger partial charge in [0, 0.05) is 12.0 Å². The van der Waals surface area contributed by atoms with Crippen molar-refractivity contribution >= 4 is 11.7 Å². The molecule has 1 aliphatic rings. The summed E-state index contributed by atoms with van der Waals surface area (Å²) in [7, 11) is 0. The second-order valence-corrected chi connectivity index (χ2v) is 7.07. The second kappa shape index (κ2) is 3.84. The standard InChI is InChI=1S/C14H22N2O2/c1-13(2,3)9-7-10-11(15-8-18-10)16(12(9)17)14(4,5)6/h8-9H,7H2,1-6H3. The molecule has 1 aromatic heterocycles. The normalized spacial score (nSPS) is 21.1. The van der Waals surface area contributed by atoms with Gasteiger partial charge in [-0.3, -0.25) is 9.69 Å². The highest BCUT2D eigenvalue weighted by Gasteiger charge is 2.45. The summed E-state index contributed by atoms with van der Waals surface area (Å²) < 4.78 is 5.45. The van der Waals surface area contributed by atoms with Crippen LogP contribution in [0.5, 0.6) is 0 Å². The molecule has 1 atom stereocenters. The third kappa shape index (κ3) is 2.04. The van der Waals surface area contributed by atoms with E-state index in [9.17, 15) is 4.79 Å². The third-order valence-electron chi connectivity index (χ3n) is 3.46. The molecule has 2 heterocycles. The van der Waals surface area contributed by atoms with E-state index in [-0.39, 0.29) is 22.8 Å². The zero-order valence-electron chi connectivity index (χ0n) is 12.1. The summed E-state index contributed by atoms with van der Waals surface area (Å²) in [6.07, 6.45) is 2.08. The number of anilines is 1. The van der Waals surface area contributed by atoms with Crippen LogP contribution in [0.25, 0.3) is 0 Å². The van der Waals surface area contributed by atoms with Gasteiger partial charge in [0.1, 0.15) is 5.76 Å². The van der Waals surface area contributed by atoms with Crippen molar-refractivity contribution in [3.8, 4) is 0 Å². The van der Waals surface area contributed by atoms with Crippen LogP contribution >= 0.6 is 0 Å². The van der Waals surface area contributed by atoms with Crippen molar-refractivity contribution in [3.63, 3.8) is 0 Å². The van der Waals surface area contributed by atoms with Crippen LogP contribution in [0.3, 0.4) is 0 Å². The Morgan fingerprint density at radius 3 is 2.39 bits per heavy atom. The molecule has 0 spiro atoms. The molecule has 2 rings (SSSR count). The van der Waals surface area contributed by atoms with Gasteiger partial charge in [-0.25, -0.2) is 0 Å². The highest BCUT2D eigenvalue weighted by Crippen LogP contribution is 2.40. The van der Waals surface area contributed by atoms with E-state index in [4.69, 9.17) is 4.42 Å². The molecule has 0 aliphatic carbocycles. The van der Waals surface area contributed by atoms with Gasteiger partial charge in [-0.2, -0.15) is 4.98 Å². The Morgan fingerprint density at radius 2 is 1.89 bits per heavy atom. The summed E-state index contributed by atoms with van der Waals surface area (Å²) in [5.41, 5.74) is -0.363.